The van der Waals surface area contributed by atoms with Crippen molar-refractivity contribution in [2.75, 3.05) is 13.2 Å². The van der Waals surface area contributed by atoms with Crippen molar-refractivity contribution >= 4 is 29.3 Å². The molecule has 0 aromatic heterocycles. The first-order chi connectivity index (χ1) is 11.9. The van der Waals surface area contributed by atoms with E-state index in [-0.39, 0.29) is 42.3 Å². The first-order valence-electron chi connectivity index (χ1n) is 8.00. The zero-order valence-corrected chi connectivity index (χ0v) is 13.9. The summed E-state index contributed by atoms with van der Waals surface area (Å²) < 4.78 is 4.79. The van der Waals surface area contributed by atoms with Gasteiger partial charge in [0.05, 0.1) is 24.3 Å². The minimum atomic E-state index is -1.23. The Morgan fingerprint density at radius 3 is 2.36 bits per heavy atom. The van der Waals surface area contributed by atoms with Crippen LogP contribution in [0.3, 0.4) is 0 Å². The molecule has 1 unspecified atom stereocenters. The Bertz CT molecular complexity index is 665. The van der Waals surface area contributed by atoms with Crippen LogP contribution in [0.5, 0.6) is 0 Å². The van der Waals surface area contributed by atoms with E-state index in [1.807, 2.05) is 12.2 Å². The molecule has 0 bridgehead atoms. The van der Waals surface area contributed by atoms with Crippen LogP contribution < -0.4 is 0 Å². The fraction of sp³-hybridized carbons (Fsp3) is 0.529. The van der Waals surface area contributed by atoms with Gasteiger partial charge in [-0.15, -0.1) is 0 Å². The molecule has 1 heterocycles. The van der Waals surface area contributed by atoms with Crippen LogP contribution in [0.25, 0.3) is 0 Å². The van der Waals surface area contributed by atoms with Gasteiger partial charge in [-0.05, 0) is 19.8 Å². The monoisotopic (exact) mass is 345 g/mol. The van der Waals surface area contributed by atoms with E-state index in [0.29, 0.717) is 12.8 Å². The maximum Gasteiger partial charge on any atom is 0.308 e. The van der Waals surface area contributed by atoms with E-state index in [2.05, 4.69) is 0 Å². The second-order valence-corrected chi connectivity index (χ2v) is 6.11. The number of nitrogens with zero attached hydrogens (tertiary/aromatic N) is 2. The Morgan fingerprint density at radius 1 is 1.32 bits per heavy atom. The number of nitrogens with one attached hydrogen (secondary N) is 1. The van der Waals surface area contributed by atoms with Crippen LogP contribution in [0.15, 0.2) is 12.2 Å². The quantitative estimate of drug-likeness (QED) is 0.312. The third-order valence-corrected chi connectivity index (χ3v) is 4.40. The minimum absolute atomic E-state index is 0.0804. The molecule has 2 amide bonds. The number of ketones is 1. The molecule has 1 saturated heterocycles. The summed E-state index contributed by atoms with van der Waals surface area (Å²) in [5, 5.41) is 16.1. The van der Waals surface area contributed by atoms with E-state index in [0.717, 1.165) is 4.90 Å². The molecule has 3 atom stereocenters. The Balaban J connectivity index is 1.82. The summed E-state index contributed by atoms with van der Waals surface area (Å²) in [5.41, 5.74) is -0.118. The van der Waals surface area contributed by atoms with Crippen LogP contribution in [0.1, 0.15) is 26.2 Å². The first-order valence-corrected chi connectivity index (χ1v) is 8.00. The topological polar surface area (TPSA) is 128 Å². The largest absolute Gasteiger partial charge is 0.458 e. The number of esters is 1. The van der Waals surface area contributed by atoms with Gasteiger partial charge in [0.2, 0.25) is 11.8 Å². The number of rotatable bonds is 7. The SMILES string of the molecule is CC(=N)C(C#N)C(=O)COC(=O)CCN1C(=O)[C@@H]2CC=CC[C@H]2C1=O. The van der Waals surface area contributed by atoms with Crippen molar-refractivity contribution in [1.29, 1.82) is 10.7 Å². The predicted octanol–water partition coefficient (Wildman–Crippen LogP) is 0.619. The van der Waals surface area contributed by atoms with E-state index in [4.69, 9.17) is 15.4 Å². The van der Waals surface area contributed by atoms with Crippen molar-refractivity contribution in [1.82, 2.24) is 4.90 Å². The van der Waals surface area contributed by atoms with Gasteiger partial charge in [-0.1, -0.05) is 12.2 Å². The Morgan fingerprint density at radius 2 is 1.88 bits per heavy atom. The van der Waals surface area contributed by atoms with Crippen molar-refractivity contribution in [3.8, 4) is 6.07 Å². The number of likely N-dealkylation sites (tertiary alicyclic amines) is 1. The highest BCUT2D eigenvalue weighted by Crippen LogP contribution is 2.34. The number of imide groups is 1. The van der Waals surface area contributed by atoms with Crippen molar-refractivity contribution in [3.05, 3.63) is 12.2 Å². The van der Waals surface area contributed by atoms with Gasteiger partial charge in [0.1, 0.15) is 5.92 Å². The van der Waals surface area contributed by atoms with E-state index in [1.54, 1.807) is 6.07 Å². The highest BCUT2D eigenvalue weighted by atomic mass is 16.5. The van der Waals surface area contributed by atoms with Gasteiger partial charge in [-0.2, -0.15) is 5.26 Å². The molecule has 1 fully saturated rings. The van der Waals surface area contributed by atoms with Crippen molar-refractivity contribution in [2.45, 2.75) is 26.2 Å². The van der Waals surface area contributed by atoms with Crippen LogP contribution in [-0.4, -0.2) is 47.3 Å². The maximum absolute atomic E-state index is 12.2. The molecule has 0 spiro atoms. The number of ether oxygens (including phenoxy) is 1. The van der Waals surface area contributed by atoms with Crippen LogP contribution in [-0.2, 0) is 23.9 Å². The number of carbonyl (C=O) groups is 4. The lowest BCUT2D eigenvalue weighted by Gasteiger charge is -2.14. The summed E-state index contributed by atoms with van der Waals surface area (Å²) >= 11 is 0. The van der Waals surface area contributed by atoms with Crippen LogP contribution >= 0.6 is 0 Å². The summed E-state index contributed by atoms with van der Waals surface area (Å²) in [4.78, 5) is 49.0. The number of Topliss-reactive ketones (excluding diaryl/α,β-unsaturated/α-hetero) is 1. The fourth-order valence-corrected chi connectivity index (χ4v) is 3.01. The number of amides is 2. The van der Waals surface area contributed by atoms with Crippen molar-refractivity contribution in [3.63, 3.8) is 0 Å². The summed E-state index contributed by atoms with van der Waals surface area (Å²) in [6, 6.07) is 1.67. The van der Waals surface area contributed by atoms with Crippen molar-refractivity contribution in [2.24, 2.45) is 17.8 Å². The predicted molar refractivity (Wildman–Crippen MR) is 85.2 cm³/mol. The first kappa shape index (κ1) is 18.5. The zero-order valence-electron chi connectivity index (χ0n) is 13.9. The average molecular weight is 345 g/mol. The van der Waals surface area contributed by atoms with E-state index in [1.165, 1.54) is 6.92 Å². The van der Waals surface area contributed by atoms with Crippen LogP contribution in [0.4, 0.5) is 0 Å². The third kappa shape index (κ3) is 3.99. The van der Waals surface area contributed by atoms with E-state index >= 15 is 0 Å². The number of allylic oxidation sites excluding steroid dienone is 2. The summed E-state index contributed by atoms with van der Waals surface area (Å²) in [5.74, 6) is -3.87. The normalized spacial score (nSPS) is 23.0. The lowest BCUT2D eigenvalue weighted by molar-refractivity contribution is -0.149. The molecule has 8 heteroatoms. The number of hydrogen-bond acceptors (Lipinski definition) is 7. The molecular formula is C17H19N3O5. The van der Waals surface area contributed by atoms with Crippen LogP contribution in [0.2, 0.25) is 0 Å². The lowest BCUT2D eigenvalue weighted by atomic mass is 9.85. The second-order valence-electron chi connectivity index (χ2n) is 6.11. The summed E-state index contributed by atoms with van der Waals surface area (Å²) in [7, 11) is 0. The van der Waals surface area contributed by atoms with Gasteiger partial charge in [0.25, 0.3) is 0 Å². The molecule has 2 aliphatic rings. The standard InChI is InChI=1S/C17H19N3O5/c1-10(19)13(8-18)14(21)9-25-15(22)6-7-20-16(23)11-4-2-3-5-12(11)17(20)24/h2-3,11-13,19H,4-7,9H2,1H3/t11-,12-,13?/m1/s1. The Labute approximate surface area is 144 Å². The molecule has 0 aromatic carbocycles. The maximum atomic E-state index is 12.2. The van der Waals surface area contributed by atoms with Crippen molar-refractivity contribution < 1.29 is 23.9 Å². The molecule has 1 N–H and O–H groups in total. The Hall–Kier alpha value is -2.82. The number of hydrogen-bond donors (Lipinski definition) is 1. The molecule has 132 valence electrons. The number of carbonyl (C=O) groups excluding carboxylic acids is 4. The number of nitriles is 1. The Kier molecular flexibility index (Phi) is 5.80. The summed E-state index contributed by atoms with van der Waals surface area (Å²) in [6.45, 7) is 0.639. The zero-order chi connectivity index (χ0) is 18.6. The molecule has 8 nitrogen and oxygen atoms in total. The highest BCUT2D eigenvalue weighted by Gasteiger charge is 2.46. The molecule has 1 aliphatic heterocycles. The molecule has 2 rings (SSSR count). The minimum Gasteiger partial charge on any atom is -0.458 e. The van der Waals surface area contributed by atoms with Gasteiger partial charge in [0, 0.05) is 12.3 Å². The molecule has 25 heavy (non-hydrogen) atoms. The van der Waals surface area contributed by atoms with Gasteiger partial charge in [-0.25, -0.2) is 0 Å². The van der Waals surface area contributed by atoms with E-state index < -0.39 is 24.3 Å². The van der Waals surface area contributed by atoms with Gasteiger partial charge < -0.3 is 10.1 Å². The third-order valence-electron chi connectivity index (χ3n) is 4.40. The molecule has 0 aromatic rings. The lowest BCUT2D eigenvalue weighted by Crippen LogP contribution is -2.34. The van der Waals surface area contributed by atoms with Gasteiger partial charge in [-0.3, -0.25) is 24.1 Å². The fourth-order valence-electron chi connectivity index (χ4n) is 3.01. The summed E-state index contributed by atoms with van der Waals surface area (Å²) in [6.07, 6.45) is 4.62. The molecule has 1 aliphatic carbocycles. The average Bonchev–Trinajstić information content (AvgIpc) is 2.83. The number of fused-ring (bicyclic) bond motifs is 1. The smallest absolute Gasteiger partial charge is 0.308 e. The second kappa shape index (κ2) is 7.83. The van der Waals surface area contributed by atoms with Gasteiger partial charge >= 0.3 is 5.97 Å². The van der Waals surface area contributed by atoms with E-state index in [9.17, 15) is 19.2 Å². The highest BCUT2D eigenvalue weighted by molar-refractivity contribution is 6.06. The molecule has 0 saturated carbocycles. The van der Waals surface area contributed by atoms with Crippen LogP contribution in [0, 0.1) is 34.5 Å². The molecular weight excluding hydrogens is 326 g/mol. The molecule has 0 radical (unpaired) electrons. The van der Waals surface area contributed by atoms with Gasteiger partial charge in [0.15, 0.2) is 12.4 Å².